The molecule has 2 aliphatic heterocycles. The quantitative estimate of drug-likeness (QED) is 0.864. The van der Waals surface area contributed by atoms with Gasteiger partial charge in [0.1, 0.15) is 5.82 Å². The SMILES string of the molecule is Fc1ccc(CN2CC[C@H]3NCCC[C@@H]3C2)cc1. The molecule has 98 valence electrons. The lowest BCUT2D eigenvalue weighted by molar-refractivity contribution is 0.109. The molecule has 1 aromatic rings. The molecule has 0 bridgehead atoms. The van der Waals surface area contributed by atoms with Crippen LogP contribution in [-0.4, -0.2) is 30.6 Å². The predicted molar refractivity (Wildman–Crippen MR) is 70.8 cm³/mol. The average molecular weight is 248 g/mol. The van der Waals surface area contributed by atoms with Crippen molar-refractivity contribution in [2.75, 3.05) is 19.6 Å². The van der Waals surface area contributed by atoms with Gasteiger partial charge in [0.05, 0.1) is 0 Å². The second-order valence-electron chi connectivity index (χ2n) is 5.61. The van der Waals surface area contributed by atoms with E-state index in [2.05, 4.69) is 10.2 Å². The van der Waals surface area contributed by atoms with Crippen LogP contribution in [-0.2, 0) is 6.54 Å². The summed E-state index contributed by atoms with van der Waals surface area (Å²) in [5, 5.41) is 3.64. The Hall–Kier alpha value is -0.930. The van der Waals surface area contributed by atoms with Gasteiger partial charge in [-0.1, -0.05) is 12.1 Å². The summed E-state index contributed by atoms with van der Waals surface area (Å²) in [6.07, 6.45) is 3.93. The van der Waals surface area contributed by atoms with Crippen LogP contribution in [0.3, 0.4) is 0 Å². The van der Waals surface area contributed by atoms with Gasteiger partial charge in [-0.25, -0.2) is 4.39 Å². The normalized spacial score (nSPS) is 28.9. The highest BCUT2D eigenvalue weighted by Crippen LogP contribution is 2.25. The number of hydrogen-bond donors (Lipinski definition) is 1. The van der Waals surface area contributed by atoms with Gasteiger partial charge >= 0.3 is 0 Å². The molecule has 3 rings (SSSR count). The van der Waals surface area contributed by atoms with E-state index >= 15 is 0 Å². The number of hydrogen-bond acceptors (Lipinski definition) is 2. The summed E-state index contributed by atoms with van der Waals surface area (Å²) in [6, 6.07) is 7.67. The summed E-state index contributed by atoms with van der Waals surface area (Å²) < 4.78 is 12.9. The standard InChI is InChI=1S/C15H21FN2/c16-14-5-3-12(4-6-14)10-18-9-7-15-13(11-18)2-1-8-17-15/h3-6,13,15,17H,1-2,7-11H2/t13-,15-/m1/s1. The van der Waals surface area contributed by atoms with Gasteiger partial charge in [0.25, 0.3) is 0 Å². The Bertz CT molecular complexity index is 390. The zero-order chi connectivity index (χ0) is 12.4. The van der Waals surface area contributed by atoms with E-state index < -0.39 is 0 Å². The molecule has 3 heteroatoms. The molecule has 2 saturated heterocycles. The fourth-order valence-corrected chi connectivity index (χ4v) is 3.31. The first-order chi connectivity index (χ1) is 8.81. The summed E-state index contributed by atoms with van der Waals surface area (Å²) in [6.45, 7) is 4.50. The van der Waals surface area contributed by atoms with E-state index in [1.165, 1.54) is 37.9 Å². The molecule has 0 radical (unpaired) electrons. The van der Waals surface area contributed by atoms with Crippen LogP contribution in [0.4, 0.5) is 4.39 Å². The Labute approximate surface area is 108 Å². The van der Waals surface area contributed by atoms with Gasteiger partial charge in [-0.05, 0) is 56.0 Å². The maximum absolute atomic E-state index is 12.9. The second-order valence-corrected chi connectivity index (χ2v) is 5.61. The topological polar surface area (TPSA) is 15.3 Å². The average Bonchev–Trinajstić information content (AvgIpc) is 2.41. The molecular weight excluding hydrogens is 227 g/mol. The van der Waals surface area contributed by atoms with Crippen molar-refractivity contribution in [2.45, 2.75) is 31.8 Å². The van der Waals surface area contributed by atoms with Gasteiger partial charge < -0.3 is 5.32 Å². The maximum Gasteiger partial charge on any atom is 0.123 e. The molecule has 0 aromatic heterocycles. The van der Waals surface area contributed by atoms with Gasteiger partial charge in [-0.2, -0.15) is 0 Å². The van der Waals surface area contributed by atoms with E-state index in [0.717, 1.165) is 25.0 Å². The van der Waals surface area contributed by atoms with E-state index in [4.69, 9.17) is 0 Å². The third kappa shape index (κ3) is 2.73. The van der Waals surface area contributed by atoms with Crippen LogP contribution in [0, 0.1) is 11.7 Å². The molecule has 0 unspecified atom stereocenters. The van der Waals surface area contributed by atoms with Gasteiger partial charge in [-0.15, -0.1) is 0 Å². The molecule has 2 aliphatic rings. The summed E-state index contributed by atoms with van der Waals surface area (Å²) in [4.78, 5) is 2.52. The molecule has 2 fully saturated rings. The van der Waals surface area contributed by atoms with Crippen molar-refractivity contribution >= 4 is 0 Å². The third-order valence-corrected chi connectivity index (χ3v) is 4.30. The monoisotopic (exact) mass is 248 g/mol. The summed E-state index contributed by atoms with van der Waals surface area (Å²) in [7, 11) is 0. The largest absolute Gasteiger partial charge is 0.314 e. The third-order valence-electron chi connectivity index (χ3n) is 4.30. The Morgan fingerprint density at radius 2 is 2.06 bits per heavy atom. The summed E-state index contributed by atoms with van der Waals surface area (Å²) in [5.41, 5.74) is 1.22. The van der Waals surface area contributed by atoms with Crippen LogP contribution in [0.25, 0.3) is 0 Å². The molecule has 1 aromatic carbocycles. The lowest BCUT2D eigenvalue weighted by Crippen LogP contribution is -2.51. The van der Waals surface area contributed by atoms with Crippen molar-refractivity contribution in [3.8, 4) is 0 Å². The van der Waals surface area contributed by atoms with Gasteiger partial charge in [0.15, 0.2) is 0 Å². The molecule has 1 N–H and O–H groups in total. The maximum atomic E-state index is 12.9. The van der Waals surface area contributed by atoms with E-state index in [-0.39, 0.29) is 5.82 Å². The van der Waals surface area contributed by atoms with Crippen LogP contribution in [0.15, 0.2) is 24.3 Å². The minimum Gasteiger partial charge on any atom is -0.314 e. The molecule has 0 saturated carbocycles. The van der Waals surface area contributed by atoms with Crippen LogP contribution >= 0.6 is 0 Å². The van der Waals surface area contributed by atoms with Crippen molar-refractivity contribution in [1.82, 2.24) is 10.2 Å². The predicted octanol–water partition coefficient (Wildman–Crippen LogP) is 2.40. The molecule has 0 amide bonds. The Morgan fingerprint density at radius 3 is 2.89 bits per heavy atom. The highest BCUT2D eigenvalue weighted by Gasteiger charge is 2.30. The number of nitrogens with zero attached hydrogens (tertiary/aromatic N) is 1. The fourth-order valence-electron chi connectivity index (χ4n) is 3.31. The van der Waals surface area contributed by atoms with E-state index in [9.17, 15) is 4.39 Å². The number of rotatable bonds is 2. The van der Waals surface area contributed by atoms with Crippen LogP contribution < -0.4 is 5.32 Å². The number of likely N-dealkylation sites (tertiary alicyclic amines) is 1. The molecule has 2 heterocycles. The van der Waals surface area contributed by atoms with Crippen molar-refractivity contribution < 1.29 is 4.39 Å². The molecule has 0 spiro atoms. The van der Waals surface area contributed by atoms with E-state index in [1.807, 2.05) is 12.1 Å². The smallest absolute Gasteiger partial charge is 0.123 e. The van der Waals surface area contributed by atoms with Crippen molar-refractivity contribution in [1.29, 1.82) is 0 Å². The molecule has 0 aliphatic carbocycles. The first kappa shape index (κ1) is 12.1. The van der Waals surface area contributed by atoms with Gasteiger partial charge in [-0.3, -0.25) is 4.90 Å². The van der Waals surface area contributed by atoms with E-state index in [0.29, 0.717) is 0 Å². The zero-order valence-corrected chi connectivity index (χ0v) is 10.7. The van der Waals surface area contributed by atoms with Crippen molar-refractivity contribution in [3.05, 3.63) is 35.6 Å². The van der Waals surface area contributed by atoms with Crippen LogP contribution in [0.5, 0.6) is 0 Å². The zero-order valence-electron chi connectivity index (χ0n) is 10.7. The highest BCUT2D eigenvalue weighted by molar-refractivity contribution is 5.16. The molecule has 18 heavy (non-hydrogen) atoms. The van der Waals surface area contributed by atoms with Gasteiger partial charge in [0, 0.05) is 19.1 Å². The number of benzene rings is 1. The number of fused-ring (bicyclic) bond motifs is 1. The number of halogens is 1. The first-order valence-corrected chi connectivity index (χ1v) is 7.01. The minimum atomic E-state index is -0.145. The van der Waals surface area contributed by atoms with Crippen molar-refractivity contribution in [2.24, 2.45) is 5.92 Å². The Kier molecular flexibility index (Phi) is 3.62. The van der Waals surface area contributed by atoms with E-state index in [1.54, 1.807) is 12.1 Å². The first-order valence-electron chi connectivity index (χ1n) is 7.01. The lowest BCUT2D eigenvalue weighted by Gasteiger charge is -2.41. The molecule has 2 atom stereocenters. The summed E-state index contributed by atoms with van der Waals surface area (Å²) >= 11 is 0. The number of piperidine rings is 2. The molecule has 2 nitrogen and oxygen atoms in total. The summed E-state index contributed by atoms with van der Waals surface area (Å²) in [5.74, 6) is 0.668. The highest BCUT2D eigenvalue weighted by atomic mass is 19.1. The van der Waals surface area contributed by atoms with Crippen LogP contribution in [0.2, 0.25) is 0 Å². The molecular formula is C15H21FN2. The Morgan fingerprint density at radius 1 is 1.22 bits per heavy atom. The van der Waals surface area contributed by atoms with Crippen molar-refractivity contribution in [3.63, 3.8) is 0 Å². The minimum absolute atomic E-state index is 0.145. The van der Waals surface area contributed by atoms with Crippen LogP contribution in [0.1, 0.15) is 24.8 Å². The van der Waals surface area contributed by atoms with Gasteiger partial charge in [0.2, 0.25) is 0 Å². The number of nitrogens with one attached hydrogen (secondary N) is 1. The fraction of sp³-hybridized carbons (Fsp3) is 0.600. The lowest BCUT2D eigenvalue weighted by atomic mass is 9.85. The Balaban J connectivity index is 1.59. The second kappa shape index (κ2) is 5.37.